The normalized spacial score (nSPS) is 16.3. The summed E-state index contributed by atoms with van der Waals surface area (Å²) in [5.41, 5.74) is 11.1. The predicted octanol–water partition coefficient (Wildman–Crippen LogP) is 18.7. The molecule has 7 aromatic rings. The number of hydrogen-bond donors (Lipinski definition) is 0. The number of hydrogen-bond acceptors (Lipinski definition) is 11. The van der Waals surface area contributed by atoms with Crippen LogP contribution in [0.3, 0.4) is 0 Å². The summed E-state index contributed by atoms with van der Waals surface area (Å²) in [4.78, 5) is 0. The third-order valence-electron chi connectivity index (χ3n) is 16.1. The van der Waals surface area contributed by atoms with Crippen molar-refractivity contribution in [1.82, 2.24) is 0 Å². The minimum atomic E-state index is -0.248. The molecular weight excluding hydrogens is 1420 g/mol. The minimum absolute atomic E-state index is 0. The second-order valence-electron chi connectivity index (χ2n) is 27.5. The van der Waals surface area contributed by atoms with Crippen LogP contribution in [0.5, 0.6) is 40.2 Å². The average molecular weight is 1530 g/mol. The maximum Gasteiger partial charge on any atom is 1.00 e. The maximum atomic E-state index is 6.72. The van der Waals surface area contributed by atoms with Crippen LogP contribution in [0.4, 0.5) is 0 Å². The van der Waals surface area contributed by atoms with E-state index >= 15 is 0 Å². The number of halogens is 2. The van der Waals surface area contributed by atoms with E-state index in [4.69, 9.17) is 52.1 Å². The second-order valence-corrected chi connectivity index (χ2v) is 29.9. The molecule has 0 amide bonds. The number of benzene rings is 7. The van der Waals surface area contributed by atoms with E-state index in [2.05, 4.69) is 189 Å². The van der Waals surface area contributed by atoms with Crippen molar-refractivity contribution in [3.05, 3.63) is 180 Å². The van der Waals surface area contributed by atoms with Crippen molar-refractivity contribution in [1.29, 1.82) is 0 Å². The van der Waals surface area contributed by atoms with Crippen LogP contribution in [0, 0.1) is 34.0 Å². The van der Waals surface area contributed by atoms with Crippen LogP contribution in [-0.2, 0) is 35.2 Å². The molecule has 0 saturated carbocycles. The molecule has 96 heavy (non-hydrogen) atoms. The van der Waals surface area contributed by atoms with Gasteiger partial charge in [0.15, 0.2) is 18.9 Å². The van der Waals surface area contributed by atoms with Crippen molar-refractivity contribution in [2.45, 2.75) is 203 Å². The maximum absolute atomic E-state index is 6.72. The summed E-state index contributed by atoms with van der Waals surface area (Å²) in [7, 11) is 0. The van der Waals surface area contributed by atoms with Crippen LogP contribution in [0.1, 0.15) is 180 Å². The van der Waals surface area contributed by atoms with Gasteiger partial charge in [0.05, 0.1) is 53.4 Å². The van der Waals surface area contributed by atoms with Crippen LogP contribution in [0.25, 0.3) is 22.3 Å². The van der Waals surface area contributed by atoms with E-state index in [-0.39, 0.29) is 54.0 Å². The molecule has 516 valence electrons. The summed E-state index contributed by atoms with van der Waals surface area (Å²) in [6, 6.07) is 48.9. The molecule has 3 heterocycles. The van der Waals surface area contributed by atoms with Crippen LogP contribution in [0.2, 0.25) is 0 Å². The molecule has 0 bridgehead atoms. The Hall–Kier alpha value is -4.96. The zero-order chi connectivity index (χ0) is 68.4. The molecule has 10 rings (SSSR count). The Balaban J connectivity index is 0.000000274. The van der Waals surface area contributed by atoms with Gasteiger partial charge in [-0.1, -0.05) is 147 Å². The molecule has 3 aliphatic rings. The zero-order valence-electron chi connectivity index (χ0n) is 60.3. The first-order valence-corrected chi connectivity index (χ1v) is 36.6. The molecule has 3 fully saturated rings. The predicted molar refractivity (Wildman–Crippen MR) is 404 cm³/mol. The average Bonchev–Trinajstić information content (AvgIpc) is 0.782. The first-order valence-electron chi connectivity index (χ1n) is 34.5. The number of para-hydroxylation sites is 4. The van der Waals surface area contributed by atoms with Gasteiger partial charge in [-0.05, 0) is 182 Å². The van der Waals surface area contributed by atoms with Gasteiger partial charge in [-0.2, -0.15) is 17.7 Å². The first-order chi connectivity index (χ1) is 45.5. The van der Waals surface area contributed by atoms with Gasteiger partial charge in [0.25, 0.3) is 0 Å². The molecule has 3 unspecified atom stereocenters. The fraction of sp³-hybridized carbons (Fsp3) is 0.488. The minimum Gasteiger partial charge on any atom is -0.493 e. The summed E-state index contributed by atoms with van der Waals surface area (Å²) in [6.45, 7) is 36.7. The Bertz CT molecular complexity index is 3240. The molecule has 0 aliphatic carbocycles. The third kappa shape index (κ3) is 25.6. The molecular formula is C82H107I2LiO11. The van der Waals surface area contributed by atoms with Crippen LogP contribution < -0.4 is 52.0 Å². The summed E-state index contributed by atoms with van der Waals surface area (Å²) in [5.74, 6) is 6.16. The summed E-state index contributed by atoms with van der Waals surface area (Å²) in [6.07, 6.45) is 10.4. The summed E-state index contributed by atoms with van der Waals surface area (Å²) < 4.78 is 68.8. The van der Waals surface area contributed by atoms with Gasteiger partial charge < -0.3 is 52.1 Å². The van der Waals surface area contributed by atoms with E-state index in [1.807, 2.05) is 92.7 Å². The van der Waals surface area contributed by atoms with Gasteiger partial charge in [-0.25, -0.2) is 0 Å². The van der Waals surface area contributed by atoms with Crippen molar-refractivity contribution in [2.24, 2.45) is 0 Å². The van der Waals surface area contributed by atoms with E-state index in [0.29, 0.717) is 32.8 Å². The van der Waals surface area contributed by atoms with Gasteiger partial charge in [0.1, 0.15) is 34.5 Å². The fourth-order valence-electron chi connectivity index (χ4n) is 11.2. The van der Waals surface area contributed by atoms with E-state index in [0.717, 1.165) is 160 Å². The summed E-state index contributed by atoms with van der Waals surface area (Å²) >= 11 is 4.56. The Morgan fingerprint density at radius 1 is 0.417 bits per heavy atom. The van der Waals surface area contributed by atoms with Crippen molar-refractivity contribution in [3.8, 4) is 62.5 Å². The smallest absolute Gasteiger partial charge is 0.493 e. The molecule has 11 nitrogen and oxygen atoms in total. The SMILES string of the molecule is CCOCC.Cc1c[c-]c(OC2CCCCO2)c(C(C)(C)C)c1.Cc1cc(-c2ccccc2OCCCOc2ccccc2-c2cc(C)cc(C(C)(C)C)c2OC2CCCCO2)c(OC2CCCCO2)c(C(C)(C)C)c1.Ic1ccccc1OCCCOc1ccccc1I.[Li+]. The van der Waals surface area contributed by atoms with E-state index in [1.54, 1.807) is 0 Å². The van der Waals surface area contributed by atoms with Gasteiger partial charge >= 0.3 is 18.9 Å². The number of ether oxygens (including phenoxy) is 11. The second kappa shape index (κ2) is 40.3. The standard InChI is InChI=1S/C47H60O6.C16H23O2.C15H14I2O2.C4H10O.Li/c1-32-28-36(44(38(30-32)46(3,4)5)52-42-22-13-15-24-50-42)34-18-9-11-20-40(34)48-26-17-27-49-41-21-12-10-19-35(41)37-29-33(2)31-39(47(6,7)8)45(37)53-43-23-14-16-25-51-43;1-12-8-9-14(13(11-12)16(2,3)4)18-15-7-5-6-10-17-15;16-12-6-1-3-8-14(12)18-10-5-11-19-15-9-4-2-7-13(15)17;1-3-5-4-2;/h9-12,18-21,28-31,42-43H,13-17,22-27H2,1-8H3;8,11,15H,5-7,10H2,1-4H3;1-4,6-9H,5,10-11H2;3-4H2,1-2H3;/q;-1;;;+1. The molecule has 14 heteroatoms. The molecule has 7 aromatic carbocycles. The Kier molecular flexibility index (Phi) is 33.6. The molecule has 0 radical (unpaired) electrons. The Morgan fingerprint density at radius 3 is 1.10 bits per heavy atom. The van der Waals surface area contributed by atoms with E-state index in [9.17, 15) is 0 Å². The molecule has 0 spiro atoms. The van der Waals surface area contributed by atoms with Gasteiger partial charge in [-0.3, -0.25) is 0 Å². The van der Waals surface area contributed by atoms with Gasteiger partial charge in [0.2, 0.25) is 0 Å². The van der Waals surface area contributed by atoms with Crippen molar-refractivity contribution in [2.75, 3.05) is 59.5 Å². The third-order valence-corrected chi connectivity index (χ3v) is 17.9. The zero-order valence-corrected chi connectivity index (χ0v) is 64.6. The number of aryl methyl sites for hydroxylation is 3. The molecule has 0 N–H and O–H groups in total. The number of rotatable bonds is 22. The topological polar surface area (TPSA) is 102 Å². The molecule has 0 aromatic heterocycles. The molecule has 3 saturated heterocycles. The van der Waals surface area contributed by atoms with Crippen molar-refractivity contribution in [3.63, 3.8) is 0 Å². The fourth-order valence-corrected chi connectivity index (χ4v) is 12.3. The van der Waals surface area contributed by atoms with Crippen LogP contribution >= 0.6 is 45.2 Å². The monoisotopic (exact) mass is 1530 g/mol. The summed E-state index contributed by atoms with van der Waals surface area (Å²) in [5, 5.41) is 0. The first kappa shape index (κ1) is 80.0. The van der Waals surface area contributed by atoms with Crippen LogP contribution in [-0.4, -0.2) is 78.3 Å². The van der Waals surface area contributed by atoms with Crippen molar-refractivity contribution >= 4 is 45.2 Å². The van der Waals surface area contributed by atoms with Gasteiger partial charge in [-0.15, -0.1) is 11.6 Å². The quantitative estimate of drug-likeness (QED) is 0.0281. The Labute approximate surface area is 615 Å². The van der Waals surface area contributed by atoms with Gasteiger partial charge in [0, 0.05) is 84.4 Å². The largest absolute Gasteiger partial charge is 1.00 e. The van der Waals surface area contributed by atoms with E-state index in [1.165, 1.54) is 39.8 Å². The Morgan fingerprint density at radius 2 is 0.760 bits per heavy atom. The van der Waals surface area contributed by atoms with E-state index < -0.39 is 0 Å². The van der Waals surface area contributed by atoms with Crippen molar-refractivity contribution < 1.29 is 71.0 Å². The van der Waals surface area contributed by atoms with Crippen LogP contribution in [0.15, 0.2) is 133 Å². The molecule has 3 atom stereocenters. The molecule has 3 aliphatic heterocycles.